The van der Waals surface area contributed by atoms with Gasteiger partial charge in [-0.05, 0) is 57.3 Å². The van der Waals surface area contributed by atoms with Crippen LogP contribution in [0.3, 0.4) is 0 Å². The minimum absolute atomic E-state index is 0.122. The van der Waals surface area contributed by atoms with Crippen molar-refractivity contribution in [2.45, 2.75) is 4.83 Å². The average Bonchev–Trinajstić information content (AvgIpc) is 2.64. The summed E-state index contributed by atoms with van der Waals surface area (Å²) in [5, 5.41) is 3.48. The molecule has 1 atom stereocenters. The summed E-state index contributed by atoms with van der Waals surface area (Å²) in [6.07, 6.45) is 0. The zero-order valence-corrected chi connectivity index (χ0v) is 14.0. The molecule has 0 aliphatic heterocycles. The highest BCUT2D eigenvalue weighted by Gasteiger charge is 2.15. The molecule has 84 valence electrons. The summed E-state index contributed by atoms with van der Waals surface area (Å²) in [7, 11) is 0. The molecule has 0 aliphatic rings. The van der Waals surface area contributed by atoms with E-state index < -0.39 is 0 Å². The van der Waals surface area contributed by atoms with Gasteiger partial charge in [-0.3, -0.25) is 0 Å². The summed E-state index contributed by atoms with van der Waals surface area (Å²) in [6.45, 7) is 0. The lowest BCUT2D eigenvalue weighted by Crippen LogP contribution is -1.91. The molecule has 0 saturated heterocycles. The molecule has 0 N–H and O–H groups in total. The Balaban J connectivity index is 2.37. The molecule has 0 nitrogen and oxygen atoms in total. The second kappa shape index (κ2) is 5.57. The molecule has 0 spiro atoms. The standard InChI is InChI=1S/C11H6BrCl2IS/c12-11(6-3-10(15)16-5-6)8-2-1-7(13)4-9(8)14/h1-5,11H. The second-order valence-corrected chi connectivity index (χ2v) is 7.78. The lowest BCUT2D eigenvalue weighted by Gasteiger charge is -2.10. The Labute approximate surface area is 130 Å². The van der Waals surface area contributed by atoms with Gasteiger partial charge in [-0.15, -0.1) is 11.3 Å². The van der Waals surface area contributed by atoms with Crippen molar-refractivity contribution in [3.63, 3.8) is 0 Å². The average molecular weight is 448 g/mol. The van der Waals surface area contributed by atoms with E-state index in [-0.39, 0.29) is 4.83 Å². The van der Waals surface area contributed by atoms with Crippen LogP contribution in [0.2, 0.25) is 10.0 Å². The Morgan fingerprint density at radius 3 is 2.56 bits per heavy atom. The third-order valence-corrected chi connectivity index (χ3v) is 5.51. The summed E-state index contributed by atoms with van der Waals surface area (Å²) < 4.78 is 1.27. The predicted molar refractivity (Wildman–Crippen MR) is 84.3 cm³/mol. The van der Waals surface area contributed by atoms with Crippen molar-refractivity contribution in [2.24, 2.45) is 0 Å². The Kier molecular flexibility index (Phi) is 4.58. The van der Waals surface area contributed by atoms with Crippen LogP contribution in [0.4, 0.5) is 0 Å². The van der Waals surface area contributed by atoms with Gasteiger partial charge in [-0.2, -0.15) is 0 Å². The second-order valence-electron chi connectivity index (χ2n) is 3.21. The summed E-state index contributed by atoms with van der Waals surface area (Å²) in [6, 6.07) is 7.72. The van der Waals surface area contributed by atoms with E-state index in [2.05, 4.69) is 50.0 Å². The molecule has 1 unspecified atom stereocenters. The van der Waals surface area contributed by atoms with Gasteiger partial charge in [0.15, 0.2) is 0 Å². The Morgan fingerprint density at radius 1 is 1.25 bits per heavy atom. The normalized spacial score (nSPS) is 12.8. The van der Waals surface area contributed by atoms with E-state index in [9.17, 15) is 0 Å². The molecule has 0 amide bonds. The van der Waals surface area contributed by atoms with Gasteiger partial charge < -0.3 is 0 Å². The van der Waals surface area contributed by atoms with Gasteiger partial charge in [0, 0.05) is 10.0 Å². The van der Waals surface area contributed by atoms with Crippen LogP contribution in [0.1, 0.15) is 16.0 Å². The molecule has 0 fully saturated rings. The number of benzene rings is 1. The van der Waals surface area contributed by atoms with Gasteiger partial charge in [0.1, 0.15) is 0 Å². The molecular weight excluding hydrogens is 442 g/mol. The molecule has 1 aromatic heterocycles. The molecule has 2 aromatic rings. The fourth-order valence-corrected chi connectivity index (χ4v) is 4.23. The number of thiophene rings is 1. The zero-order chi connectivity index (χ0) is 11.7. The Hall–Kier alpha value is 0.710. The van der Waals surface area contributed by atoms with Crippen LogP contribution in [0, 0.1) is 2.88 Å². The predicted octanol–water partition coefficient (Wildman–Crippen LogP) is 6.14. The highest BCUT2D eigenvalue weighted by molar-refractivity contribution is 14.1. The molecular formula is C11H6BrCl2IS. The van der Waals surface area contributed by atoms with E-state index in [1.807, 2.05) is 12.1 Å². The lowest BCUT2D eigenvalue weighted by molar-refractivity contribution is 1.19. The van der Waals surface area contributed by atoms with Crippen molar-refractivity contribution < 1.29 is 0 Å². The first kappa shape index (κ1) is 13.1. The largest absolute Gasteiger partial charge is 0.137 e. The smallest absolute Gasteiger partial charge is 0.0667 e. The minimum atomic E-state index is 0.122. The van der Waals surface area contributed by atoms with Crippen LogP contribution >= 0.6 is 73.1 Å². The number of halogens is 4. The van der Waals surface area contributed by atoms with Crippen molar-refractivity contribution in [3.8, 4) is 0 Å². The minimum Gasteiger partial charge on any atom is -0.137 e. The van der Waals surface area contributed by atoms with Crippen LogP contribution < -0.4 is 0 Å². The first-order valence-electron chi connectivity index (χ1n) is 4.41. The Bertz CT molecular complexity index is 512. The first-order valence-corrected chi connectivity index (χ1v) is 8.04. The van der Waals surface area contributed by atoms with Gasteiger partial charge in [-0.1, -0.05) is 45.2 Å². The van der Waals surface area contributed by atoms with Gasteiger partial charge in [-0.25, -0.2) is 0 Å². The van der Waals surface area contributed by atoms with E-state index in [0.29, 0.717) is 10.0 Å². The van der Waals surface area contributed by atoms with Crippen LogP contribution in [-0.4, -0.2) is 0 Å². The maximum atomic E-state index is 6.17. The number of alkyl halides is 1. The maximum absolute atomic E-state index is 6.17. The summed E-state index contributed by atoms with van der Waals surface area (Å²) in [4.78, 5) is 0.122. The summed E-state index contributed by atoms with van der Waals surface area (Å²) >= 11 is 19.7. The summed E-state index contributed by atoms with van der Waals surface area (Å²) in [5.74, 6) is 0. The third-order valence-electron chi connectivity index (χ3n) is 2.12. The molecule has 0 saturated carbocycles. The van der Waals surface area contributed by atoms with Crippen molar-refractivity contribution in [3.05, 3.63) is 53.7 Å². The maximum Gasteiger partial charge on any atom is 0.0667 e. The van der Waals surface area contributed by atoms with Gasteiger partial charge >= 0.3 is 0 Å². The molecule has 0 radical (unpaired) electrons. The van der Waals surface area contributed by atoms with Crippen molar-refractivity contribution in [1.82, 2.24) is 0 Å². The molecule has 1 aromatic carbocycles. The molecule has 2 rings (SSSR count). The Morgan fingerprint density at radius 2 is 2.00 bits per heavy atom. The van der Waals surface area contributed by atoms with E-state index in [4.69, 9.17) is 23.2 Å². The highest BCUT2D eigenvalue weighted by Crippen LogP contribution is 2.38. The topological polar surface area (TPSA) is 0 Å². The van der Waals surface area contributed by atoms with Crippen LogP contribution in [0.15, 0.2) is 29.6 Å². The van der Waals surface area contributed by atoms with E-state index in [1.165, 1.54) is 8.45 Å². The zero-order valence-electron chi connectivity index (χ0n) is 7.88. The fraction of sp³-hybridized carbons (Fsp3) is 0.0909. The molecule has 5 heteroatoms. The highest BCUT2D eigenvalue weighted by atomic mass is 127. The lowest BCUT2D eigenvalue weighted by atomic mass is 10.1. The van der Waals surface area contributed by atoms with E-state index >= 15 is 0 Å². The van der Waals surface area contributed by atoms with E-state index in [0.717, 1.165) is 5.56 Å². The third kappa shape index (κ3) is 2.93. The quantitative estimate of drug-likeness (QED) is 0.383. The van der Waals surface area contributed by atoms with Crippen LogP contribution in [0.5, 0.6) is 0 Å². The molecule has 16 heavy (non-hydrogen) atoms. The molecule has 0 aliphatic carbocycles. The monoisotopic (exact) mass is 446 g/mol. The molecule has 0 bridgehead atoms. The molecule has 1 heterocycles. The van der Waals surface area contributed by atoms with Crippen LogP contribution in [0.25, 0.3) is 0 Å². The van der Waals surface area contributed by atoms with Gasteiger partial charge in [0.2, 0.25) is 0 Å². The van der Waals surface area contributed by atoms with Crippen molar-refractivity contribution in [1.29, 1.82) is 0 Å². The van der Waals surface area contributed by atoms with Crippen molar-refractivity contribution >= 4 is 73.1 Å². The number of hydrogen-bond acceptors (Lipinski definition) is 1. The summed E-state index contributed by atoms with van der Waals surface area (Å²) in [5.41, 5.74) is 2.26. The van der Waals surface area contributed by atoms with Gasteiger partial charge in [0.25, 0.3) is 0 Å². The number of rotatable bonds is 2. The first-order chi connectivity index (χ1) is 7.58. The number of hydrogen-bond donors (Lipinski definition) is 0. The fourth-order valence-electron chi connectivity index (χ4n) is 1.34. The SMILES string of the molecule is Clc1ccc(C(Br)c2csc(I)c2)c(Cl)c1. The van der Waals surface area contributed by atoms with Crippen molar-refractivity contribution in [2.75, 3.05) is 0 Å². The van der Waals surface area contributed by atoms with E-state index in [1.54, 1.807) is 17.4 Å². The van der Waals surface area contributed by atoms with Crippen LogP contribution in [-0.2, 0) is 0 Å². The van der Waals surface area contributed by atoms with Gasteiger partial charge in [0.05, 0.1) is 7.71 Å².